The highest BCUT2D eigenvalue weighted by atomic mass is 79.9. The molecule has 6 nitrogen and oxygen atoms in total. The molecule has 160 valence electrons. The van der Waals surface area contributed by atoms with Crippen LogP contribution in [-0.2, 0) is 0 Å². The summed E-state index contributed by atoms with van der Waals surface area (Å²) in [7, 11) is 0. The van der Waals surface area contributed by atoms with Gasteiger partial charge in [-0.05, 0) is 75.8 Å². The molecule has 0 saturated heterocycles. The summed E-state index contributed by atoms with van der Waals surface area (Å²) < 4.78 is 6.41. The summed E-state index contributed by atoms with van der Waals surface area (Å²) in [5, 5.41) is 8.63. The first-order valence-electron chi connectivity index (χ1n) is 9.56. The van der Waals surface area contributed by atoms with Gasteiger partial charge in [0.25, 0.3) is 11.8 Å². The Bertz CT molecular complexity index is 941. The second-order valence-electron chi connectivity index (χ2n) is 7.68. The third-order valence-corrected chi connectivity index (χ3v) is 4.44. The van der Waals surface area contributed by atoms with Gasteiger partial charge in [0, 0.05) is 21.3 Å². The molecule has 30 heavy (non-hydrogen) atoms. The Balaban J connectivity index is 2.08. The zero-order chi connectivity index (χ0) is 22.3. The number of hydrogen-bond donors (Lipinski definition) is 3. The highest BCUT2D eigenvalue weighted by molar-refractivity contribution is 9.10. The van der Waals surface area contributed by atoms with Gasteiger partial charge in [0.2, 0.25) is 0 Å². The van der Waals surface area contributed by atoms with E-state index in [-0.39, 0.29) is 22.5 Å². The zero-order valence-electron chi connectivity index (χ0n) is 17.5. The molecule has 0 radical (unpaired) electrons. The van der Waals surface area contributed by atoms with Crippen LogP contribution in [0.2, 0.25) is 0 Å². The average molecular weight is 492 g/mol. The van der Waals surface area contributed by atoms with Crippen molar-refractivity contribution in [1.82, 2.24) is 10.6 Å². The normalized spacial score (nSPS) is 10.8. The lowest BCUT2D eigenvalue weighted by Crippen LogP contribution is -2.40. The predicted octanol–water partition coefficient (Wildman–Crippen LogP) is 4.89. The Morgan fingerprint density at radius 2 is 1.83 bits per heavy atom. The minimum Gasteiger partial charge on any atom is -0.493 e. The van der Waals surface area contributed by atoms with E-state index in [4.69, 9.17) is 17.0 Å². The predicted molar refractivity (Wildman–Crippen MR) is 127 cm³/mol. The van der Waals surface area contributed by atoms with Crippen LogP contribution in [-0.4, -0.2) is 29.1 Å². The van der Waals surface area contributed by atoms with Gasteiger partial charge in [-0.2, -0.15) is 0 Å². The van der Waals surface area contributed by atoms with Crippen LogP contribution in [0.5, 0.6) is 5.75 Å². The topological polar surface area (TPSA) is 79.5 Å². The second-order valence-corrected chi connectivity index (χ2v) is 9.01. The first-order valence-corrected chi connectivity index (χ1v) is 10.8. The van der Waals surface area contributed by atoms with Crippen LogP contribution in [0.1, 0.15) is 54.8 Å². The van der Waals surface area contributed by atoms with Crippen molar-refractivity contribution in [3.05, 3.63) is 58.1 Å². The molecular weight excluding hydrogens is 466 g/mol. The van der Waals surface area contributed by atoms with Crippen LogP contribution in [0, 0.1) is 0 Å². The molecule has 0 aromatic heterocycles. The van der Waals surface area contributed by atoms with Gasteiger partial charge in [-0.25, -0.2) is 0 Å². The van der Waals surface area contributed by atoms with Gasteiger partial charge in [0.1, 0.15) is 5.75 Å². The number of benzene rings is 2. The van der Waals surface area contributed by atoms with E-state index >= 15 is 0 Å². The minimum absolute atomic E-state index is 0.120. The Morgan fingerprint density at radius 1 is 1.10 bits per heavy atom. The molecule has 0 heterocycles. The molecule has 0 fully saturated rings. The lowest BCUT2D eigenvalue weighted by Gasteiger charge is -2.20. The van der Waals surface area contributed by atoms with Gasteiger partial charge in [0.15, 0.2) is 5.11 Å². The third kappa shape index (κ3) is 7.42. The Labute approximate surface area is 190 Å². The summed E-state index contributed by atoms with van der Waals surface area (Å²) in [4.78, 5) is 25.1. The number of rotatable bonds is 6. The van der Waals surface area contributed by atoms with E-state index in [2.05, 4.69) is 31.9 Å². The zero-order valence-corrected chi connectivity index (χ0v) is 19.9. The largest absolute Gasteiger partial charge is 0.493 e. The van der Waals surface area contributed by atoms with Crippen LogP contribution in [0.4, 0.5) is 5.69 Å². The number of hydrogen-bond acceptors (Lipinski definition) is 4. The minimum atomic E-state index is -0.387. The van der Waals surface area contributed by atoms with Gasteiger partial charge >= 0.3 is 0 Å². The molecule has 0 spiro atoms. The van der Waals surface area contributed by atoms with E-state index in [0.717, 1.165) is 10.9 Å². The van der Waals surface area contributed by atoms with Crippen molar-refractivity contribution in [2.24, 2.45) is 0 Å². The number of carbonyl (C=O) groups excluding carboxylic acids is 2. The fourth-order valence-corrected chi connectivity index (χ4v) is 3.07. The summed E-state index contributed by atoms with van der Waals surface area (Å²) in [6.45, 7) is 8.25. The molecule has 0 bridgehead atoms. The lowest BCUT2D eigenvalue weighted by molar-refractivity contribution is 0.0918. The Kier molecular flexibility index (Phi) is 8.37. The number of ether oxygens (including phenoxy) is 1. The van der Waals surface area contributed by atoms with Gasteiger partial charge < -0.3 is 15.4 Å². The van der Waals surface area contributed by atoms with Gasteiger partial charge in [-0.3, -0.25) is 14.9 Å². The molecule has 3 N–H and O–H groups in total. The number of carbonyl (C=O) groups is 2. The molecular formula is C22H26BrN3O3S. The quantitative estimate of drug-likeness (QED) is 0.501. The standard InChI is InChI=1S/C22H26BrN3O3S/c1-5-11-29-18-10-9-15(23)13-17(18)20(28)25-21(30)24-16-8-6-7-14(12-16)19(27)26-22(2,3)4/h6-10,12-13H,5,11H2,1-4H3,(H,26,27)(H2,24,25,28,30). The summed E-state index contributed by atoms with van der Waals surface area (Å²) in [6, 6.07) is 12.1. The highest BCUT2D eigenvalue weighted by Gasteiger charge is 2.17. The smallest absolute Gasteiger partial charge is 0.261 e. The Morgan fingerprint density at radius 3 is 2.50 bits per heavy atom. The first-order chi connectivity index (χ1) is 14.1. The Hall–Kier alpha value is -2.45. The lowest BCUT2D eigenvalue weighted by atomic mass is 10.1. The fourth-order valence-electron chi connectivity index (χ4n) is 2.50. The molecule has 0 atom stereocenters. The van der Waals surface area contributed by atoms with Crippen molar-refractivity contribution in [1.29, 1.82) is 0 Å². The van der Waals surface area contributed by atoms with Gasteiger partial charge in [0.05, 0.1) is 12.2 Å². The van der Waals surface area contributed by atoms with E-state index in [9.17, 15) is 9.59 Å². The molecule has 0 saturated carbocycles. The molecule has 0 aliphatic heterocycles. The molecule has 0 aliphatic carbocycles. The summed E-state index contributed by atoms with van der Waals surface area (Å²) in [5.74, 6) is -0.0873. The van der Waals surface area contributed by atoms with E-state index in [1.807, 2.05) is 33.8 Å². The number of halogens is 1. The van der Waals surface area contributed by atoms with Crippen molar-refractivity contribution < 1.29 is 14.3 Å². The number of amides is 2. The summed E-state index contributed by atoms with van der Waals surface area (Å²) >= 11 is 8.65. The molecule has 8 heteroatoms. The molecule has 2 aromatic rings. The summed E-state index contributed by atoms with van der Waals surface area (Å²) in [6.07, 6.45) is 0.830. The SMILES string of the molecule is CCCOc1ccc(Br)cc1C(=O)NC(=S)Nc1cccc(C(=O)NC(C)(C)C)c1. The van der Waals surface area contributed by atoms with Crippen molar-refractivity contribution in [3.8, 4) is 5.75 Å². The van der Waals surface area contributed by atoms with Crippen molar-refractivity contribution >= 4 is 50.8 Å². The first kappa shape index (κ1) is 23.8. The van der Waals surface area contributed by atoms with Crippen LogP contribution in [0.15, 0.2) is 46.9 Å². The van der Waals surface area contributed by atoms with Gasteiger partial charge in [-0.15, -0.1) is 0 Å². The second kappa shape index (κ2) is 10.5. The maximum Gasteiger partial charge on any atom is 0.261 e. The average Bonchev–Trinajstić information content (AvgIpc) is 2.65. The van der Waals surface area contributed by atoms with E-state index < -0.39 is 0 Å². The third-order valence-electron chi connectivity index (χ3n) is 3.75. The summed E-state index contributed by atoms with van der Waals surface area (Å²) in [5.41, 5.74) is 1.12. The van der Waals surface area contributed by atoms with E-state index in [1.165, 1.54) is 0 Å². The van der Waals surface area contributed by atoms with Crippen LogP contribution < -0.4 is 20.7 Å². The number of thiocarbonyl (C=S) groups is 1. The van der Waals surface area contributed by atoms with Crippen molar-refractivity contribution in [2.45, 2.75) is 39.7 Å². The molecule has 2 aromatic carbocycles. The van der Waals surface area contributed by atoms with Crippen LogP contribution in [0.3, 0.4) is 0 Å². The van der Waals surface area contributed by atoms with Crippen molar-refractivity contribution in [2.75, 3.05) is 11.9 Å². The maximum atomic E-state index is 12.7. The van der Waals surface area contributed by atoms with Crippen molar-refractivity contribution in [3.63, 3.8) is 0 Å². The maximum absolute atomic E-state index is 12.7. The number of nitrogens with one attached hydrogen (secondary N) is 3. The molecule has 0 aliphatic rings. The highest BCUT2D eigenvalue weighted by Crippen LogP contribution is 2.23. The van der Waals surface area contributed by atoms with Gasteiger partial charge in [-0.1, -0.05) is 28.9 Å². The molecule has 2 amide bonds. The molecule has 0 unspecified atom stereocenters. The van der Waals surface area contributed by atoms with E-state index in [0.29, 0.717) is 29.2 Å². The number of anilines is 1. The van der Waals surface area contributed by atoms with Crippen LogP contribution >= 0.6 is 28.1 Å². The molecule has 2 rings (SSSR count). The fraction of sp³-hybridized carbons (Fsp3) is 0.318. The van der Waals surface area contributed by atoms with E-state index in [1.54, 1.807) is 36.4 Å². The monoisotopic (exact) mass is 491 g/mol. The van der Waals surface area contributed by atoms with Crippen LogP contribution in [0.25, 0.3) is 0 Å².